The first kappa shape index (κ1) is 14.3. The molecule has 0 saturated carbocycles. The fourth-order valence-corrected chi connectivity index (χ4v) is 1.20. The molecule has 1 unspecified atom stereocenters. The molecule has 0 aromatic carbocycles. The summed E-state index contributed by atoms with van der Waals surface area (Å²) in [6.07, 6.45) is -5.25. The molecule has 9 heteroatoms. The topological polar surface area (TPSA) is 69.2 Å². The van der Waals surface area contributed by atoms with E-state index < -0.39 is 18.6 Å². The standard InChI is InChI=1S/C9H13F3N4O2/c1-5(4-9(10,11)12)13-6-14-7(17-2)16-8(15-6)18-3/h5H,4H2,1-3H3,(H,13,14,15,16). The first-order valence-electron chi connectivity index (χ1n) is 5.01. The minimum Gasteiger partial charge on any atom is -0.467 e. The SMILES string of the molecule is COc1nc(NC(C)CC(F)(F)F)nc(OC)n1. The first-order valence-corrected chi connectivity index (χ1v) is 5.01. The molecular weight excluding hydrogens is 253 g/mol. The van der Waals surface area contributed by atoms with Crippen molar-refractivity contribution >= 4 is 5.95 Å². The van der Waals surface area contributed by atoms with Crippen molar-refractivity contribution in [2.24, 2.45) is 0 Å². The lowest BCUT2D eigenvalue weighted by atomic mass is 10.2. The Morgan fingerprint density at radius 2 is 1.61 bits per heavy atom. The number of alkyl halides is 3. The van der Waals surface area contributed by atoms with E-state index in [1.807, 2.05) is 0 Å². The summed E-state index contributed by atoms with van der Waals surface area (Å²) in [7, 11) is 2.66. The van der Waals surface area contributed by atoms with Crippen LogP contribution in [-0.4, -0.2) is 41.4 Å². The summed E-state index contributed by atoms with van der Waals surface area (Å²) in [4.78, 5) is 11.3. The van der Waals surface area contributed by atoms with Gasteiger partial charge < -0.3 is 14.8 Å². The first-order chi connectivity index (χ1) is 8.34. The number of nitrogens with zero attached hydrogens (tertiary/aromatic N) is 3. The maximum Gasteiger partial charge on any atom is 0.391 e. The average Bonchev–Trinajstić information content (AvgIpc) is 2.25. The Labute approximate surface area is 102 Å². The summed E-state index contributed by atoms with van der Waals surface area (Å²) < 4.78 is 46.0. The lowest BCUT2D eigenvalue weighted by Crippen LogP contribution is -2.25. The Hall–Kier alpha value is -1.80. The number of nitrogens with one attached hydrogen (secondary N) is 1. The molecule has 1 aromatic rings. The second-order valence-corrected chi connectivity index (χ2v) is 3.50. The van der Waals surface area contributed by atoms with E-state index in [1.165, 1.54) is 21.1 Å². The molecule has 0 radical (unpaired) electrons. The number of hydrogen-bond acceptors (Lipinski definition) is 6. The second-order valence-electron chi connectivity index (χ2n) is 3.50. The zero-order valence-electron chi connectivity index (χ0n) is 10.1. The van der Waals surface area contributed by atoms with Gasteiger partial charge in [0.25, 0.3) is 0 Å². The van der Waals surface area contributed by atoms with E-state index in [0.29, 0.717) is 0 Å². The molecule has 0 spiro atoms. The van der Waals surface area contributed by atoms with Crippen LogP contribution in [0.5, 0.6) is 12.0 Å². The molecule has 1 aromatic heterocycles. The Morgan fingerprint density at radius 1 is 1.11 bits per heavy atom. The third-order valence-electron chi connectivity index (χ3n) is 1.87. The highest BCUT2D eigenvalue weighted by molar-refractivity contribution is 5.28. The zero-order chi connectivity index (χ0) is 13.8. The number of methoxy groups -OCH3 is 2. The Bertz CT molecular complexity index is 378. The summed E-state index contributed by atoms with van der Waals surface area (Å²) in [5.74, 6) is -0.0320. The van der Waals surface area contributed by atoms with Crippen molar-refractivity contribution in [1.82, 2.24) is 15.0 Å². The number of rotatable bonds is 5. The normalized spacial score (nSPS) is 13.0. The summed E-state index contributed by atoms with van der Waals surface area (Å²) >= 11 is 0. The van der Waals surface area contributed by atoms with E-state index >= 15 is 0 Å². The van der Waals surface area contributed by atoms with Gasteiger partial charge in [0.05, 0.1) is 20.6 Å². The number of hydrogen-bond donors (Lipinski definition) is 1. The van der Waals surface area contributed by atoms with Gasteiger partial charge in [-0.2, -0.15) is 23.1 Å². The van der Waals surface area contributed by atoms with E-state index in [4.69, 9.17) is 9.47 Å². The van der Waals surface area contributed by atoms with Crippen LogP contribution in [0.15, 0.2) is 0 Å². The van der Waals surface area contributed by atoms with Gasteiger partial charge in [-0.25, -0.2) is 0 Å². The fourth-order valence-electron chi connectivity index (χ4n) is 1.20. The number of ether oxygens (including phenoxy) is 2. The van der Waals surface area contributed by atoms with Crippen LogP contribution in [0.2, 0.25) is 0 Å². The van der Waals surface area contributed by atoms with E-state index in [9.17, 15) is 13.2 Å². The van der Waals surface area contributed by atoms with Crippen LogP contribution in [0.3, 0.4) is 0 Å². The van der Waals surface area contributed by atoms with Crippen molar-refractivity contribution in [1.29, 1.82) is 0 Å². The van der Waals surface area contributed by atoms with Crippen molar-refractivity contribution in [3.05, 3.63) is 0 Å². The van der Waals surface area contributed by atoms with E-state index in [1.54, 1.807) is 0 Å². The van der Waals surface area contributed by atoms with Crippen LogP contribution >= 0.6 is 0 Å². The summed E-state index contributed by atoms with van der Waals surface area (Å²) in [5, 5.41) is 2.51. The molecule has 1 atom stereocenters. The maximum atomic E-state index is 12.2. The highest BCUT2D eigenvalue weighted by Crippen LogP contribution is 2.23. The van der Waals surface area contributed by atoms with Gasteiger partial charge in [-0.1, -0.05) is 0 Å². The van der Waals surface area contributed by atoms with Crippen LogP contribution in [0.4, 0.5) is 19.1 Å². The molecule has 0 fully saturated rings. The van der Waals surface area contributed by atoms with Crippen LogP contribution in [0, 0.1) is 0 Å². The van der Waals surface area contributed by atoms with E-state index in [2.05, 4.69) is 20.3 Å². The monoisotopic (exact) mass is 266 g/mol. The highest BCUT2D eigenvalue weighted by Gasteiger charge is 2.30. The number of halogens is 3. The van der Waals surface area contributed by atoms with Crippen LogP contribution in [0.25, 0.3) is 0 Å². The molecule has 0 saturated heterocycles. The maximum absolute atomic E-state index is 12.2. The lowest BCUT2D eigenvalue weighted by Gasteiger charge is -2.15. The highest BCUT2D eigenvalue weighted by atomic mass is 19.4. The number of aromatic nitrogens is 3. The van der Waals surface area contributed by atoms with Crippen molar-refractivity contribution in [3.63, 3.8) is 0 Å². The predicted molar refractivity (Wildman–Crippen MR) is 56.7 cm³/mol. The van der Waals surface area contributed by atoms with Gasteiger partial charge in [-0.15, -0.1) is 4.98 Å². The zero-order valence-corrected chi connectivity index (χ0v) is 10.1. The van der Waals surface area contributed by atoms with Gasteiger partial charge in [-0.3, -0.25) is 0 Å². The Morgan fingerprint density at radius 3 is 2.00 bits per heavy atom. The molecule has 6 nitrogen and oxygen atoms in total. The van der Waals surface area contributed by atoms with Gasteiger partial charge in [0.1, 0.15) is 0 Å². The van der Waals surface area contributed by atoms with Crippen LogP contribution < -0.4 is 14.8 Å². The molecule has 0 bridgehead atoms. The summed E-state index contributed by atoms with van der Waals surface area (Å²) in [6, 6.07) is -0.950. The smallest absolute Gasteiger partial charge is 0.391 e. The van der Waals surface area contributed by atoms with Gasteiger partial charge >= 0.3 is 18.2 Å². The Balaban J connectivity index is 2.77. The lowest BCUT2D eigenvalue weighted by molar-refractivity contribution is -0.136. The molecule has 1 rings (SSSR count). The summed E-state index contributed by atoms with van der Waals surface area (Å²) in [5.41, 5.74) is 0. The molecule has 0 aliphatic carbocycles. The molecule has 0 aliphatic rings. The van der Waals surface area contributed by atoms with Crippen molar-refractivity contribution in [3.8, 4) is 12.0 Å². The van der Waals surface area contributed by atoms with Crippen molar-refractivity contribution in [2.75, 3.05) is 19.5 Å². The molecule has 18 heavy (non-hydrogen) atoms. The Kier molecular flexibility index (Phi) is 4.51. The van der Waals surface area contributed by atoms with Gasteiger partial charge in [-0.05, 0) is 6.92 Å². The largest absolute Gasteiger partial charge is 0.467 e. The van der Waals surface area contributed by atoms with Gasteiger partial charge in [0.2, 0.25) is 5.95 Å². The van der Waals surface area contributed by atoms with E-state index in [-0.39, 0.29) is 18.0 Å². The van der Waals surface area contributed by atoms with Crippen molar-refractivity contribution in [2.45, 2.75) is 25.6 Å². The average molecular weight is 266 g/mol. The molecule has 1 N–H and O–H groups in total. The second kappa shape index (κ2) is 5.69. The van der Waals surface area contributed by atoms with Crippen LogP contribution in [-0.2, 0) is 0 Å². The van der Waals surface area contributed by atoms with Gasteiger partial charge in [0, 0.05) is 6.04 Å². The molecule has 0 aliphatic heterocycles. The minimum absolute atomic E-state index is 0.0320. The predicted octanol–water partition coefficient (Wildman–Crippen LogP) is 1.64. The van der Waals surface area contributed by atoms with Gasteiger partial charge in [0.15, 0.2) is 0 Å². The quantitative estimate of drug-likeness (QED) is 0.873. The molecule has 1 heterocycles. The molecular formula is C9H13F3N4O2. The van der Waals surface area contributed by atoms with E-state index in [0.717, 1.165) is 0 Å². The number of anilines is 1. The minimum atomic E-state index is -4.26. The van der Waals surface area contributed by atoms with Crippen molar-refractivity contribution < 1.29 is 22.6 Å². The third-order valence-corrected chi connectivity index (χ3v) is 1.87. The molecule has 102 valence electrons. The van der Waals surface area contributed by atoms with Crippen LogP contribution in [0.1, 0.15) is 13.3 Å². The fraction of sp³-hybridized carbons (Fsp3) is 0.667. The third kappa shape index (κ3) is 4.60. The summed E-state index contributed by atoms with van der Waals surface area (Å²) in [6.45, 7) is 1.37. The molecule has 0 amide bonds.